The maximum absolute atomic E-state index is 6.00. The molecule has 0 bridgehead atoms. The lowest BCUT2D eigenvalue weighted by molar-refractivity contribution is -0.0898. The van der Waals surface area contributed by atoms with Gasteiger partial charge >= 0.3 is 0 Å². The molecule has 2 saturated heterocycles. The number of hydrogen-bond donors (Lipinski definition) is 1. The first-order valence-corrected chi connectivity index (χ1v) is 7.35. The van der Waals surface area contributed by atoms with Gasteiger partial charge in [-0.3, -0.25) is 0 Å². The van der Waals surface area contributed by atoms with Crippen molar-refractivity contribution in [1.82, 2.24) is 5.32 Å². The average molecular weight is 253 g/mol. The summed E-state index contributed by atoms with van der Waals surface area (Å²) in [6.45, 7) is 12.0. The molecule has 1 saturated carbocycles. The SMILES string of the molecule is CC1(C)C(NC2CCOC3(CCOC3)C2)C1(C)C. The van der Waals surface area contributed by atoms with E-state index in [-0.39, 0.29) is 5.60 Å². The molecular formula is C15H27NO2. The predicted molar refractivity (Wildman–Crippen MR) is 71.6 cm³/mol. The van der Waals surface area contributed by atoms with Crippen LogP contribution in [0.15, 0.2) is 0 Å². The van der Waals surface area contributed by atoms with Crippen LogP contribution in [0.5, 0.6) is 0 Å². The van der Waals surface area contributed by atoms with E-state index in [9.17, 15) is 0 Å². The van der Waals surface area contributed by atoms with E-state index >= 15 is 0 Å². The molecular weight excluding hydrogens is 226 g/mol. The van der Waals surface area contributed by atoms with Gasteiger partial charge in [0.2, 0.25) is 0 Å². The van der Waals surface area contributed by atoms with Crippen molar-refractivity contribution in [2.45, 2.75) is 64.6 Å². The Balaban J connectivity index is 1.61. The molecule has 1 spiro atoms. The molecule has 1 N–H and O–H groups in total. The van der Waals surface area contributed by atoms with Gasteiger partial charge in [-0.05, 0) is 23.7 Å². The van der Waals surface area contributed by atoms with E-state index in [0.717, 1.165) is 39.1 Å². The molecule has 2 atom stereocenters. The fraction of sp³-hybridized carbons (Fsp3) is 1.00. The quantitative estimate of drug-likeness (QED) is 0.819. The van der Waals surface area contributed by atoms with Crippen LogP contribution in [0, 0.1) is 10.8 Å². The normalized spacial score (nSPS) is 42.3. The molecule has 0 radical (unpaired) electrons. The molecule has 3 nitrogen and oxygen atoms in total. The Bertz CT molecular complexity index is 317. The average Bonchev–Trinajstić information content (AvgIpc) is 2.69. The maximum Gasteiger partial charge on any atom is 0.0951 e. The van der Waals surface area contributed by atoms with E-state index in [2.05, 4.69) is 33.0 Å². The molecule has 104 valence electrons. The summed E-state index contributed by atoms with van der Waals surface area (Å²) >= 11 is 0. The molecule has 18 heavy (non-hydrogen) atoms. The minimum absolute atomic E-state index is 0.0269. The van der Waals surface area contributed by atoms with Crippen molar-refractivity contribution < 1.29 is 9.47 Å². The molecule has 3 fully saturated rings. The highest BCUT2D eigenvalue weighted by molar-refractivity contribution is 5.18. The second-order valence-electron chi connectivity index (χ2n) is 7.57. The van der Waals surface area contributed by atoms with E-state index in [1.54, 1.807) is 0 Å². The van der Waals surface area contributed by atoms with E-state index in [0.29, 0.717) is 22.9 Å². The van der Waals surface area contributed by atoms with Gasteiger partial charge in [0.1, 0.15) is 0 Å². The molecule has 0 aromatic heterocycles. The third-order valence-electron chi connectivity index (χ3n) is 5.98. The van der Waals surface area contributed by atoms with Crippen LogP contribution in [0.1, 0.15) is 47.0 Å². The van der Waals surface area contributed by atoms with Crippen LogP contribution in [-0.4, -0.2) is 37.5 Å². The van der Waals surface area contributed by atoms with Gasteiger partial charge in [0.05, 0.1) is 12.2 Å². The van der Waals surface area contributed by atoms with Gasteiger partial charge < -0.3 is 14.8 Å². The molecule has 0 amide bonds. The summed E-state index contributed by atoms with van der Waals surface area (Å²) in [6.07, 6.45) is 3.34. The number of nitrogens with one attached hydrogen (secondary N) is 1. The van der Waals surface area contributed by atoms with Gasteiger partial charge in [-0.1, -0.05) is 27.7 Å². The van der Waals surface area contributed by atoms with Crippen molar-refractivity contribution in [3.63, 3.8) is 0 Å². The van der Waals surface area contributed by atoms with E-state index in [1.165, 1.54) is 0 Å². The zero-order valence-corrected chi connectivity index (χ0v) is 12.2. The molecule has 3 heteroatoms. The van der Waals surface area contributed by atoms with E-state index in [4.69, 9.17) is 9.47 Å². The number of hydrogen-bond acceptors (Lipinski definition) is 3. The van der Waals surface area contributed by atoms with Crippen LogP contribution in [0.3, 0.4) is 0 Å². The van der Waals surface area contributed by atoms with E-state index < -0.39 is 0 Å². The first kappa shape index (κ1) is 12.9. The van der Waals surface area contributed by atoms with E-state index in [1.807, 2.05) is 0 Å². The summed E-state index contributed by atoms with van der Waals surface area (Å²) < 4.78 is 11.5. The third kappa shape index (κ3) is 1.83. The monoisotopic (exact) mass is 253 g/mol. The molecule has 3 aliphatic rings. The van der Waals surface area contributed by atoms with Gasteiger partial charge in [-0.15, -0.1) is 0 Å². The van der Waals surface area contributed by atoms with Crippen molar-refractivity contribution >= 4 is 0 Å². The summed E-state index contributed by atoms with van der Waals surface area (Å²) in [5.41, 5.74) is 0.869. The van der Waals surface area contributed by atoms with Crippen LogP contribution >= 0.6 is 0 Å². The van der Waals surface area contributed by atoms with Crippen molar-refractivity contribution in [3.05, 3.63) is 0 Å². The van der Waals surface area contributed by atoms with Crippen molar-refractivity contribution in [2.24, 2.45) is 10.8 Å². The molecule has 2 aliphatic heterocycles. The minimum Gasteiger partial charge on any atom is -0.378 e. The second kappa shape index (κ2) is 3.94. The van der Waals surface area contributed by atoms with Gasteiger partial charge in [0.15, 0.2) is 0 Å². The highest BCUT2D eigenvalue weighted by Crippen LogP contribution is 2.63. The Hall–Kier alpha value is -0.120. The first-order chi connectivity index (χ1) is 8.37. The summed E-state index contributed by atoms with van der Waals surface area (Å²) in [6, 6.07) is 1.25. The third-order valence-corrected chi connectivity index (χ3v) is 5.98. The lowest BCUT2D eigenvalue weighted by Gasteiger charge is -2.38. The van der Waals surface area contributed by atoms with Crippen LogP contribution in [0.25, 0.3) is 0 Å². The van der Waals surface area contributed by atoms with Gasteiger partial charge in [0.25, 0.3) is 0 Å². The summed E-state index contributed by atoms with van der Waals surface area (Å²) in [4.78, 5) is 0. The van der Waals surface area contributed by atoms with Crippen LogP contribution in [0.4, 0.5) is 0 Å². The van der Waals surface area contributed by atoms with Crippen molar-refractivity contribution in [1.29, 1.82) is 0 Å². The van der Waals surface area contributed by atoms with Crippen LogP contribution < -0.4 is 5.32 Å². The highest BCUT2D eigenvalue weighted by atomic mass is 16.6. The van der Waals surface area contributed by atoms with Gasteiger partial charge in [-0.2, -0.15) is 0 Å². The highest BCUT2D eigenvalue weighted by Gasteiger charge is 2.65. The summed E-state index contributed by atoms with van der Waals surface area (Å²) in [7, 11) is 0. The first-order valence-electron chi connectivity index (χ1n) is 7.35. The van der Waals surface area contributed by atoms with Crippen LogP contribution in [-0.2, 0) is 9.47 Å². The van der Waals surface area contributed by atoms with Crippen molar-refractivity contribution in [3.8, 4) is 0 Å². The number of ether oxygens (including phenoxy) is 2. The zero-order chi connectivity index (χ0) is 13.0. The topological polar surface area (TPSA) is 30.5 Å². The smallest absolute Gasteiger partial charge is 0.0951 e. The lowest BCUT2D eigenvalue weighted by atomic mass is 9.89. The Morgan fingerprint density at radius 2 is 1.78 bits per heavy atom. The fourth-order valence-corrected chi connectivity index (χ4v) is 3.88. The van der Waals surface area contributed by atoms with Crippen LogP contribution in [0.2, 0.25) is 0 Å². The summed E-state index contributed by atoms with van der Waals surface area (Å²) in [5, 5.41) is 3.89. The van der Waals surface area contributed by atoms with Gasteiger partial charge in [0, 0.05) is 31.7 Å². The molecule has 3 rings (SSSR count). The number of rotatable bonds is 2. The Labute approximate surface area is 111 Å². The molecule has 2 heterocycles. The summed E-state index contributed by atoms with van der Waals surface area (Å²) in [5.74, 6) is 0. The largest absolute Gasteiger partial charge is 0.378 e. The lowest BCUT2D eigenvalue weighted by Crippen LogP contribution is -2.48. The Morgan fingerprint density at radius 3 is 2.33 bits per heavy atom. The molecule has 1 aliphatic carbocycles. The molecule has 0 aromatic carbocycles. The Morgan fingerprint density at radius 1 is 1.06 bits per heavy atom. The minimum atomic E-state index is 0.0269. The fourth-order valence-electron chi connectivity index (χ4n) is 3.88. The molecule has 2 unspecified atom stereocenters. The maximum atomic E-state index is 6.00. The van der Waals surface area contributed by atoms with Crippen molar-refractivity contribution in [2.75, 3.05) is 19.8 Å². The molecule has 0 aromatic rings. The zero-order valence-electron chi connectivity index (χ0n) is 12.2. The van der Waals surface area contributed by atoms with Gasteiger partial charge in [-0.25, -0.2) is 0 Å². The Kier molecular flexibility index (Phi) is 2.82. The predicted octanol–water partition coefficient (Wildman–Crippen LogP) is 2.35. The standard InChI is InChI=1S/C15H27NO2/c1-13(2)12(14(13,3)4)16-11-5-7-18-15(9-11)6-8-17-10-15/h11-12,16H,5-10H2,1-4H3. The second-order valence-corrected chi connectivity index (χ2v) is 7.57.